The van der Waals surface area contributed by atoms with Crippen LogP contribution in [0.1, 0.15) is 0 Å². The van der Waals surface area contributed by atoms with Gasteiger partial charge in [-0.2, -0.15) is 0 Å². The minimum Gasteiger partial charge on any atom is -0.870 e. The van der Waals surface area contributed by atoms with Gasteiger partial charge in [0.05, 0.1) is 0 Å². The van der Waals surface area contributed by atoms with E-state index >= 15 is 0 Å². The molecule has 0 aliphatic heterocycles. The summed E-state index contributed by atoms with van der Waals surface area (Å²) >= 11 is 0. The smallest absolute Gasteiger partial charge is 0.870 e. The van der Waals surface area contributed by atoms with E-state index in [0.29, 0.717) is 0 Å². The Labute approximate surface area is 151 Å². The first-order chi connectivity index (χ1) is 0. The Kier molecular flexibility index (Phi) is 5970. The van der Waals surface area contributed by atoms with Crippen molar-refractivity contribution in [1.29, 1.82) is 0 Å². The van der Waals surface area contributed by atoms with E-state index < -0.39 is 0 Å². The molecule has 0 saturated heterocycles. The maximum absolute atomic E-state index is 0. The van der Waals surface area contributed by atoms with Crippen molar-refractivity contribution < 1.29 is 87.2 Å². The largest absolute Gasteiger partial charge is 3.00 e. The van der Waals surface area contributed by atoms with Gasteiger partial charge in [-0.3, -0.25) is 0 Å². The van der Waals surface area contributed by atoms with Crippen LogP contribution in [0.5, 0.6) is 0 Å². The van der Waals surface area contributed by atoms with Crippen molar-refractivity contribution in [2.75, 3.05) is 0 Å². The maximum atomic E-state index is 0. The second-order valence-electron chi connectivity index (χ2n) is 0. The second kappa shape index (κ2) is 240. The van der Waals surface area contributed by atoms with E-state index in [-0.39, 0.29) is 153 Å². The molecular formula is H8AlBaO8Ti2-3. The molecule has 0 aliphatic rings. The van der Waals surface area contributed by atoms with Crippen LogP contribution < -0.4 is 0 Å². The summed E-state index contributed by atoms with van der Waals surface area (Å²) in [5, 5.41) is 0. The van der Waals surface area contributed by atoms with Gasteiger partial charge in [0.1, 0.15) is 0 Å². The predicted octanol–water partition coefficient (Wildman–Crippen LogP) is -2.18. The Morgan fingerprint density at radius 1 is 0.333 bits per heavy atom. The molecule has 8 N–H and O–H groups in total. The first-order valence-corrected chi connectivity index (χ1v) is 0. The standard InChI is InChI=1S/Al.Ba.8H2O.2Ti/h;;8*1H2;;/q+3;+2;;;;;;;;;;/p-8. The molecule has 0 aromatic heterocycles. The summed E-state index contributed by atoms with van der Waals surface area (Å²) in [6.07, 6.45) is 0. The van der Waals surface area contributed by atoms with Crippen LogP contribution >= 0.6 is 0 Å². The first kappa shape index (κ1) is 298. The summed E-state index contributed by atoms with van der Waals surface area (Å²) in [5.74, 6) is 0. The van der Waals surface area contributed by atoms with Crippen LogP contribution in [-0.4, -0.2) is 110 Å². The molecule has 12 heavy (non-hydrogen) atoms. The van der Waals surface area contributed by atoms with E-state index in [2.05, 4.69) is 0 Å². The SMILES string of the molecule is [Al+3].[Ba+2].[OH-].[OH-].[OH-].[OH-].[OH-].[OH-].[OH-].[OH-].[Ti].[Ti]. The van der Waals surface area contributed by atoms with Crippen LogP contribution in [0.4, 0.5) is 0 Å². The molecule has 0 aliphatic carbocycles. The van der Waals surface area contributed by atoms with Crippen molar-refractivity contribution in [3.8, 4) is 0 Å². The molecule has 0 spiro atoms. The van der Waals surface area contributed by atoms with E-state index in [9.17, 15) is 0 Å². The number of hydrogen-bond donors (Lipinski definition) is 0. The third-order valence-electron chi connectivity index (χ3n) is 0. The van der Waals surface area contributed by atoms with Gasteiger partial charge >= 0.3 is 66.2 Å². The van der Waals surface area contributed by atoms with Crippen LogP contribution in [0.25, 0.3) is 0 Å². The van der Waals surface area contributed by atoms with Crippen molar-refractivity contribution in [2.45, 2.75) is 0 Å². The molecule has 0 saturated carbocycles. The van der Waals surface area contributed by atoms with Gasteiger partial charge in [0.2, 0.25) is 0 Å². The van der Waals surface area contributed by atoms with Crippen LogP contribution in [0.15, 0.2) is 0 Å². The number of rotatable bonds is 0. The van der Waals surface area contributed by atoms with Crippen molar-refractivity contribution in [2.24, 2.45) is 0 Å². The quantitative estimate of drug-likeness (QED) is 0.406. The van der Waals surface area contributed by atoms with Gasteiger partial charge in [-0.15, -0.1) is 0 Å². The van der Waals surface area contributed by atoms with Crippen LogP contribution in [0.3, 0.4) is 0 Å². The predicted molar refractivity (Wildman–Crippen MR) is 27.0 cm³/mol. The Hall–Kier alpha value is 3.21. The van der Waals surface area contributed by atoms with Crippen molar-refractivity contribution in [3.05, 3.63) is 0 Å². The molecule has 72 valence electrons. The van der Waals surface area contributed by atoms with E-state index in [1.54, 1.807) is 0 Å². The Morgan fingerprint density at radius 2 is 0.333 bits per heavy atom. The van der Waals surface area contributed by atoms with Crippen LogP contribution in [0, 0.1) is 0 Å². The van der Waals surface area contributed by atoms with Crippen LogP contribution in [-0.2, 0) is 43.4 Å². The van der Waals surface area contributed by atoms with Gasteiger partial charge in [0.25, 0.3) is 0 Å². The topological polar surface area (TPSA) is 240 Å². The van der Waals surface area contributed by atoms with Gasteiger partial charge < -0.3 is 43.8 Å². The van der Waals surface area contributed by atoms with E-state index in [4.69, 9.17) is 0 Å². The van der Waals surface area contributed by atoms with Gasteiger partial charge in [-0.1, -0.05) is 0 Å². The molecule has 0 atom stereocenters. The van der Waals surface area contributed by atoms with E-state index in [1.807, 2.05) is 0 Å². The summed E-state index contributed by atoms with van der Waals surface area (Å²) in [6, 6.07) is 0. The normalized spacial score (nSPS) is 0. The van der Waals surface area contributed by atoms with Gasteiger partial charge in [-0.25, -0.2) is 0 Å². The molecular weight excluding hydrogens is 388 g/mol. The molecule has 0 rings (SSSR count). The molecule has 0 radical (unpaired) electrons. The molecule has 0 aromatic carbocycles. The average molecular weight is 396 g/mol. The van der Waals surface area contributed by atoms with Gasteiger partial charge in [-0.05, 0) is 0 Å². The zero-order valence-electron chi connectivity index (χ0n) is 5.86. The average Bonchev–Trinajstić information content (AvgIpc) is 0. The summed E-state index contributed by atoms with van der Waals surface area (Å²) in [6.45, 7) is 0. The minimum atomic E-state index is 0. The zero-order valence-corrected chi connectivity index (χ0v) is 14.6. The maximum Gasteiger partial charge on any atom is 3.00 e. The fourth-order valence-electron chi connectivity index (χ4n) is 0. The Morgan fingerprint density at radius 3 is 0.333 bits per heavy atom. The van der Waals surface area contributed by atoms with Gasteiger partial charge in [0.15, 0.2) is 0 Å². The molecule has 8 nitrogen and oxygen atoms in total. The summed E-state index contributed by atoms with van der Waals surface area (Å²) < 4.78 is 0. The van der Waals surface area contributed by atoms with E-state index in [1.165, 1.54) is 0 Å². The molecule has 0 heterocycles. The van der Waals surface area contributed by atoms with Crippen molar-refractivity contribution >= 4 is 66.2 Å². The molecule has 0 aromatic rings. The summed E-state index contributed by atoms with van der Waals surface area (Å²) in [7, 11) is 0. The fraction of sp³-hybridized carbons (Fsp3) is 0. The fourth-order valence-corrected chi connectivity index (χ4v) is 0. The van der Waals surface area contributed by atoms with Crippen LogP contribution in [0.2, 0.25) is 0 Å². The summed E-state index contributed by atoms with van der Waals surface area (Å²) in [5.41, 5.74) is 0. The number of hydrogen-bond acceptors (Lipinski definition) is 8. The molecule has 0 amide bonds. The van der Waals surface area contributed by atoms with Crippen molar-refractivity contribution in [1.82, 2.24) is 0 Å². The summed E-state index contributed by atoms with van der Waals surface area (Å²) in [4.78, 5) is 0. The third kappa shape index (κ3) is 191. The first-order valence-electron chi connectivity index (χ1n) is 0. The molecule has 12 heteroatoms. The zero-order chi connectivity index (χ0) is 0. The van der Waals surface area contributed by atoms with Gasteiger partial charge in [0, 0.05) is 43.4 Å². The molecule has 0 fully saturated rings. The van der Waals surface area contributed by atoms with Crippen molar-refractivity contribution in [3.63, 3.8) is 0 Å². The monoisotopic (exact) mass is 397 g/mol. The second-order valence-corrected chi connectivity index (χ2v) is 0. The third-order valence-corrected chi connectivity index (χ3v) is 0. The van der Waals surface area contributed by atoms with E-state index in [0.717, 1.165) is 0 Å². The minimum absolute atomic E-state index is 0. The Bertz CT molecular complexity index is 17.0. The molecule has 0 bridgehead atoms. The molecule has 0 unspecified atom stereocenters. The Balaban J connectivity index is 0.